The van der Waals surface area contributed by atoms with Crippen molar-refractivity contribution in [2.24, 2.45) is 5.10 Å². The molecule has 5 rings (SSSR count). The highest BCUT2D eigenvalue weighted by Crippen LogP contribution is 2.43. The molecule has 0 saturated heterocycles. The van der Waals surface area contributed by atoms with Crippen molar-refractivity contribution in [1.82, 2.24) is 5.43 Å². The Hall–Kier alpha value is -3.83. The van der Waals surface area contributed by atoms with Gasteiger partial charge in [0.1, 0.15) is 23.0 Å². The number of aryl methyl sites for hydroxylation is 1. The maximum absolute atomic E-state index is 13.1. The van der Waals surface area contributed by atoms with Crippen LogP contribution in [-0.2, 0) is 4.79 Å². The van der Waals surface area contributed by atoms with E-state index in [0.717, 1.165) is 22.3 Å². The number of rotatable bonds is 4. The zero-order valence-electron chi connectivity index (χ0n) is 17.2. The number of fused-ring (bicyclic) bond motifs is 2. The maximum atomic E-state index is 13.1. The van der Waals surface area contributed by atoms with Crippen molar-refractivity contribution in [1.29, 1.82) is 0 Å². The predicted molar refractivity (Wildman–Crippen MR) is 124 cm³/mol. The number of amides is 1. The average molecular weight is 443 g/mol. The van der Waals surface area contributed by atoms with Crippen LogP contribution in [0, 0.1) is 6.92 Å². The average Bonchev–Trinajstić information content (AvgIpc) is 3.28. The molecular weight excluding hydrogens is 424 g/mol. The van der Waals surface area contributed by atoms with Crippen LogP contribution < -0.4 is 10.2 Å². The number of hydrazone groups is 1. The minimum absolute atomic E-state index is 0.249. The third-order valence-corrected chi connectivity index (χ3v) is 5.80. The predicted octanol–water partition coefficient (Wildman–Crippen LogP) is 6.30. The van der Waals surface area contributed by atoms with Crippen molar-refractivity contribution in [2.75, 3.05) is 0 Å². The van der Waals surface area contributed by atoms with Gasteiger partial charge in [0.25, 0.3) is 5.91 Å². The Bertz CT molecular complexity index is 1300. The number of furan rings is 1. The van der Waals surface area contributed by atoms with E-state index in [9.17, 15) is 4.79 Å². The molecule has 1 aliphatic rings. The minimum Gasteiger partial charge on any atom is -0.457 e. The highest BCUT2D eigenvalue weighted by Gasteiger charge is 2.32. The minimum atomic E-state index is -0.518. The van der Waals surface area contributed by atoms with Gasteiger partial charge >= 0.3 is 0 Å². The first-order valence-corrected chi connectivity index (χ1v) is 10.5. The largest absolute Gasteiger partial charge is 0.457 e. The van der Waals surface area contributed by atoms with E-state index >= 15 is 0 Å². The Labute approximate surface area is 190 Å². The summed E-state index contributed by atoms with van der Waals surface area (Å²) < 4.78 is 11.8. The molecule has 6 heteroatoms. The lowest BCUT2D eigenvalue weighted by Gasteiger charge is -2.26. The third kappa shape index (κ3) is 3.79. The first kappa shape index (κ1) is 20.1. The van der Waals surface area contributed by atoms with Crippen molar-refractivity contribution in [3.8, 4) is 22.8 Å². The zero-order chi connectivity index (χ0) is 22.1. The number of para-hydroxylation sites is 2. The number of benzene rings is 3. The van der Waals surface area contributed by atoms with Crippen LogP contribution in [0.4, 0.5) is 0 Å². The number of halogens is 1. The summed E-state index contributed by atoms with van der Waals surface area (Å²) in [6.07, 6.45) is 1.48. The van der Waals surface area contributed by atoms with Crippen LogP contribution in [0.3, 0.4) is 0 Å². The molecule has 32 heavy (non-hydrogen) atoms. The van der Waals surface area contributed by atoms with Gasteiger partial charge < -0.3 is 9.15 Å². The van der Waals surface area contributed by atoms with Crippen LogP contribution in [0.1, 0.15) is 28.4 Å². The molecule has 0 aliphatic carbocycles. The number of carbonyl (C=O) groups is 1. The lowest BCUT2D eigenvalue weighted by atomic mass is 9.87. The van der Waals surface area contributed by atoms with Gasteiger partial charge in [-0.15, -0.1) is 0 Å². The summed E-state index contributed by atoms with van der Waals surface area (Å²) >= 11 is 6.21. The number of nitrogens with one attached hydrogen (secondary N) is 1. The van der Waals surface area contributed by atoms with Gasteiger partial charge in [-0.3, -0.25) is 4.79 Å². The van der Waals surface area contributed by atoms with E-state index in [-0.39, 0.29) is 5.91 Å². The fourth-order valence-corrected chi connectivity index (χ4v) is 3.92. The SMILES string of the molecule is Cc1ccc(-c2ccc(C=NNC(=O)C3c4ccccc4Oc4ccccc43)o2)cc1Cl. The summed E-state index contributed by atoms with van der Waals surface area (Å²) in [5, 5.41) is 4.80. The highest BCUT2D eigenvalue weighted by atomic mass is 35.5. The number of carbonyl (C=O) groups excluding carboxylic acids is 1. The summed E-state index contributed by atoms with van der Waals surface area (Å²) in [5.74, 6) is 1.76. The van der Waals surface area contributed by atoms with Crippen LogP contribution >= 0.6 is 11.6 Å². The molecule has 0 radical (unpaired) electrons. The van der Waals surface area contributed by atoms with Crippen molar-refractivity contribution in [3.05, 3.63) is 106 Å². The zero-order valence-corrected chi connectivity index (χ0v) is 18.0. The molecule has 1 aromatic heterocycles. The van der Waals surface area contributed by atoms with Gasteiger partial charge in [-0.05, 0) is 42.8 Å². The van der Waals surface area contributed by atoms with E-state index < -0.39 is 5.92 Å². The van der Waals surface area contributed by atoms with Crippen LogP contribution in [-0.4, -0.2) is 12.1 Å². The summed E-state index contributed by atoms with van der Waals surface area (Å²) in [7, 11) is 0. The second-order valence-electron chi connectivity index (χ2n) is 7.51. The molecule has 3 aromatic carbocycles. The molecule has 5 nitrogen and oxygen atoms in total. The van der Waals surface area contributed by atoms with Crippen LogP contribution in [0.5, 0.6) is 11.5 Å². The normalized spacial score (nSPS) is 12.8. The number of ether oxygens (including phenoxy) is 1. The van der Waals surface area contributed by atoms with Gasteiger partial charge in [0, 0.05) is 21.7 Å². The Balaban J connectivity index is 1.35. The van der Waals surface area contributed by atoms with E-state index in [2.05, 4.69) is 10.5 Å². The van der Waals surface area contributed by atoms with Crippen LogP contribution in [0.15, 0.2) is 88.4 Å². The van der Waals surface area contributed by atoms with Crippen molar-refractivity contribution < 1.29 is 13.9 Å². The van der Waals surface area contributed by atoms with E-state index in [1.54, 1.807) is 6.07 Å². The third-order valence-electron chi connectivity index (χ3n) is 5.39. The van der Waals surface area contributed by atoms with Gasteiger partial charge in [0.2, 0.25) is 0 Å². The fourth-order valence-electron chi connectivity index (χ4n) is 3.74. The van der Waals surface area contributed by atoms with E-state index in [1.165, 1.54) is 6.21 Å². The number of hydrogen-bond donors (Lipinski definition) is 1. The van der Waals surface area contributed by atoms with E-state index in [4.69, 9.17) is 20.8 Å². The molecule has 0 atom stereocenters. The van der Waals surface area contributed by atoms with Crippen LogP contribution in [0.2, 0.25) is 5.02 Å². The fraction of sp³-hybridized carbons (Fsp3) is 0.0769. The van der Waals surface area contributed by atoms with Gasteiger partial charge in [-0.25, -0.2) is 5.43 Å². The summed E-state index contributed by atoms with van der Waals surface area (Å²) in [5.41, 5.74) is 6.12. The molecule has 1 N–H and O–H groups in total. The van der Waals surface area contributed by atoms with Gasteiger partial charge in [0.05, 0.1) is 12.1 Å². The summed E-state index contributed by atoms with van der Waals surface area (Å²) in [6, 6.07) is 24.4. The molecular formula is C26H19ClN2O3. The monoisotopic (exact) mass is 442 g/mol. The van der Waals surface area contributed by atoms with Crippen LogP contribution in [0.25, 0.3) is 11.3 Å². The molecule has 0 bridgehead atoms. The molecule has 1 amide bonds. The number of nitrogens with zero attached hydrogens (tertiary/aromatic N) is 1. The van der Waals surface area contributed by atoms with Gasteiger partial charge in [-0.2, -0.15) is 5.10 Å². The Morgan fingerprint density at radius 3 is 2.34 bits per heavy atom. The first-order chi connectivity index (χ1) is 15.6. The van der Waals surface area contributed by atoms with Crippen molar-refractivity contribution in [2.45, 2.75) is 12.8 Å². The second-order valence-corrected chi connectivity index (χ2v) is 7.92. The van der Waals surface area contributed by atoms with Gasteiger partial charge in [-0.1, -0.05) is 60.1 Å². The molecule has 0 spiro atoms. The van der Waals surface area contributed by atoms with Gasteiger partial charge in [0.15, 0.2) is 0 Å². The molecule has 0 unspecified atom stereocenters. The molecule has 2 heterocycles. The Morgan fingerprint density at radius 1 is 0.969 bits per heavy atom. The molecule has 0 saturated carbocycles. The summed E-state index contributed by atoms with van der Waals surface area (Å²) in [6.45, 7) is 1.95. The Morgan fingerprint density at radius 2 is 1.66 bits per heavy atom. The second kappa shape index (κ2) is 8.36. The lowest BCUT2D eigenvalue weighted by molar-refractivity contribution is -0.121. The lowest BCUT2D eigenvalue weighted by Crippen LogP contribution is -2.28. The first-order valence-electron chi connectivity index (χ1n) is 10.1. The van der Waals surface area contributed by atoms with E-state index in [1.807, 2.05) is 79.7 Å². The smallest absolute Gasteiger partial charge is 0.252 e. The molecule has 158 valence electrons. The van der Waals surface area contributed by atoms with Crippen molar-refractivity contribution in [3.63, 3.8) is 0 Å². The quantitative estimate of drug-likeness (QED) is 0.298. The standard InChI is InChI=1S/C26H19ClN2O3/c1-16-10-11-17(14-21(16)27)22-13-12-18(31-22)15-28-29-26(30)25-19-6-2-4-8-23(19)32-24-9-5-3-7-20(24)25/h2-15,25H,1H3,(H,29,30). The highest BCUT2D eigenvalue weighted by molar-refractivity contribution is 6.31. The molecule has 0 fully saturated rings. The Kier molecular flexibility index (Phi) is 5.25. The topological polar surface area (TPSA) is 63.8 Å². The van der Waals surface area contributed by atoms with E-state index in [0.29, 0.717) is 28.0 Å². The summed E-state index contributed by atoms with van der Waals surface area (Å²) in [4.78, 5) is 13.1. The molecule has 4 aromatic rings. The van der Waals surface area contributed by atoms with Crippen molar-refractivity contribution >= 4 is 23.7 Å². The maximum Gasteiger partial charge on any atom is 0.252 e. The number of hydrogen-bond acceptors (Lipinski definition) is 4. The molecule has 1 aliphatic heterocycles.